The van der Waals surface area contributed by atoms with Gasteiger partial charge in [0.25, 0.3) is 0 Å². The number of aryl methyl sites for hydroxylation is 1. The Hall–Kier alpha value is -0.830. The maximum Gasteiger partial charge on any atom is 0.0762 e. The van der Waals surface area contributed by atoms with Crippen LogP contribution in [0.2, 0.25) is 0 Å². The predicted molar refractivity (Wildman–Crippen MR) is 49.8 cm³/mol. The molecular weight excluding hydrogens is 150 g/mol. The zero-order valence-corrected chi connectivity index (χ0v) is 8.26. The number of nitrogens with one attached hydrogen (secondary N) is 1. The van der Waals surface area contributed by atoms with E-state index >= 15 is 0 Å². The Morgan fingerprint density at radius 3 is 2.58 bits per heavy atom. The minimum Gasteiger partial charge on any atom is -0.306 e. The fourth-order valence-corrected chi connectivity index (χ4v) is 0.913. The maximum atomic E-state index is 4.27. The first-order valence-corrected chi connectivity index (χ1v) is 4.21. The smallest absolute Gasteiger partial charge is 0.0762 e. The van der Waals surface area contributed by atoms with Crippen LogP contribution in [0.15, 0.2) is 12.3 Å². The lowest BCUT2D eigenvalue weighted by Crippen LogP contribution is -2.35. The van der Waals surface area contributed by atoms with Crippen LogP contribution in [0.5, 0.6) is 0 Å². The molecule has 0 atom stereocenters. The topological polar surface area (TPSA) is 29.9 Å². The van der Waals surface area contributed by atoms with Crippen molar-refractivity contribution in [2.45, 2.75) is 32.9 Å². The molecule has 0 aliphatic rings. The van der Waals surface area contributed by atoms with Crippen molar-refractivity contribution in [1.82, 2.24) is 15.1 Å². The lowest BCUT2D eigenvalue weighted by molar-refractivity contribution is 0.420. The van der Waals surface area contributed by atoms with Gasteiger partial charge in [0.1, 0.15) is 0 Å². The molecule has 0 amide bonds. The summed E-state index contributed by atoms with van der Waals surface area (Å²) in [4.78, 5) is 0. The number of hydrogen-bond acceptors (Lipinski definition) is 2. The molecule has 0 unspecified atom stereocenters. The van der Waals surface area contributed by atoms with Gasteiger partial charge in [-0.05, 0) is 26.8 Å². The third kappa shape index (κ3) is 3.05. The first-order valence-electron chi connectivity index (χ1n) is 4.21. The molecule has 0 fully saturated rings. The zero-order chi connectivity index (χ0) is 9.19. The summed E-state index contributed by atoms with van der Waals surface area (Å²) in [5, 5.41) is 7.64. The van der Waals surface area contributed by atoms with E-state index in [1.54, 1.807) is 0 Å². The summed E-state index contributed by atoms with van der Waals surface area (Å²) < 4.78 is 1.82. The van der Waals surface area contributed by atoms with Crippen molar-refractivity contribution < 1.29 is 0 Å². The van der Waals surface area contributed by atoms with Crippen LogP contribution < -0.4 is 5.32 Å². The highest BCUT2D eigenvalue weighted by atomic mass is 15.3. The van der Waals surface area contributed by atoms with E-state index in [-0.39, 0.29) is 5.54 Å². The van der Waals surface area contributed by atoms with Crippen molar-refractivity contribution in [3.63, 3.8) is 0 Å². The minimum atomic E-state index is 0.164. The molecule has 0 aliphatic carbocycles. The fourth-order valence-electron chi connectivity index (χ4n) is 0.913. The Kier molecular flexibility index (Phi) is 2.52. The van der Waals surface area contributed by atoms with Gasteiger partial charge in [-0.15, -0.1) is 0 Å². The molecule has 0 spiro atoms. The number of aromatic nitrogens is 2. The Morgan fingerprint density at radius 2 is 2.17 bits per heavy atom. The monoisotopic (exact) mass is 167 g/mol. The Labute approximate surface area is 73.8 Å². The van der Waals surface area contributed by atoms with E-state index in [0.717, 1.165) is 12.2 Å². The highest BCUT2D eigenvalue weighted by Crippen LogP contribution is 2.01. The van der Waals surface area contributed by atoms with Crippen molar-refractivity contribution in [1.29, 1.82) is 0 Å². The van der Waals surface area contributed by atoms with E-state index in [4.69, 9.17) is 0 Å². The molecular formula is C9H17N3. The highest BCUT2D eigenvalue weighted by Gasteiger charge is 2.08. The van der Waals surface area contributed by atoms with Crippen LogP contribution in [-0.4, -0.2) is 15.3 Å². The molecule has 1 N–H and O–H groups in total. The average Bonchev–Trinajstić information content (AvgIpc) is 2.30. The summed E-state index contributed by atoms with van der Waals surface area (Å²) >= 11 is 0. The van der Waals surface area contributed by atoms with Crippen molar-refractivity contribution in [2.24, 2.45) is 7.05 Å². The Bertz CT molecular complexity index is 245. The summed E-state index contributed by atoms with van der Waals surface area (Å²) in [7, 11) is 1.93. The van der Waals surface area contributed by atoms with E-state index in [2.05, 4.69) is 31.2 Å². The zero-order valence-electron chi connectivity index (χ0n) is 8.26. The van der Waals surface area contributed by atoms with Crippen LogP contribution in [0.1, 0.15) is 26.5 Å². The molecule has 0 radical (unpaired) electrons. The van der Waals surface area contributed by atoms with Gasteiger partial charge in [-0.3, -0.25) is 4.68 Å². The molecule has 0 aromatic carbocycles. The summed E-state index contributed by atoms with van der Waals surface area (Å²) in [6, 6.07) is 2.03. The largest absolute Gasteiger partial charge is 0.306 e. The third-order valence-electron chi connectivity index (χ3n) is 1.57. The van der Waals surface area contributed by atoms with Crippen molar-refractivity contribution in [2.75, 3.05) is 0 Å². The third-order valence-corrected chi connectivity index (χ3v) is 1.57. The summed E-state index contributed by atoms with van der Waals surface area (Å²) in [5.74, 6) is 0. The van der Waals surface area contributed by atoms with Crippen LogP contribution in [-0.2, 0) is 13.6 Å². The first kappa shape index (κ1) is 9.26. The van der Waals surface area contributed by atoms with E-state index < -0.39 is 0 Å². The van der Waals surface area contributed by atoms with Crippen molar-refractivity contribution >= 4 is 0 Å². The molecule has 12 heavy (non-hydrogen) atoms. The summed E-state index contributed by atoms with van der Waals surface area (Å²) in [5.41, 5.74) is 1.25. The van der Waals surface area contributed by atoms with Gasteiger partial charge in [0.2, 0.25) is 0 Å². The number of hydrogen-bond donors (Lipinski definition) is 1. The fraction of sp³-hybridized carbons (Fsp3) is 0.667. The molecule has 0 aliphatic heterocycles. The maximum absolute atomic E-state index is 4.27. The summed E-state index contributed by atoms with van der Waals surface area (Å²) in [6.07, 6.45) is 1.96. The van der Waals surface area contributed by atoms with Crippen molar-refractivity contribution in [3.05, 3.63) is 18.0 Å². The molecule has 1 heterocycles. The quantitative estimate of drug-likeness (QED) is 0.719. The second-order valence-corrected chi connectivity index (χ2v) is 4.08. The molecule has 1 rings (SSSR count). The number of nitrogens with zero attached hydrogens (tertiary/aromatic N) is 2. The van der Waals surface area contributed by atoms with Gasteiger partial charge >= 0.3 is 0 Å². The second-order valence-electron chi connectivity index (χ2n) is 4.08. The highest BCUT2D eigenvalue weighted by molar-refractivity contribution is 4.98. The van der Waals surface area contributed by atoms with Gasteiger partial charge in [0.05, 0.1) is 5.69 Å². The normalized spacial score (nSPS) is 12.0. The lowest BCUT2D eigenvalue weighted by atomic mass is 10.1. The first-order chi connectivity index (χ1) is 5.47. The Morgan fingerprint density at radius 1 is 1.50 bits per heavy atom. The second kappa shape index (κ2) is 3.27. The minimum absolute atomic E-state index is 0.164. The van der Waals surface area contributed by atoms with Crippen LogP contribution in [0.25, 0.3) is 0 Å². The standard InChI is InChI=1S/C9H17N3/c1-9(2,3)10-7-8-5-6-12(4)11-8/h5-6,10H,7H2,1-4H3. The average molecular weight is 167 g/mol. The van der Waals surface area contributed by atoms with Gasteiger partial charge < -0.3 is 5.32 Å². The van der Waals surface area contributed by atoms with E-state index in [1.165, 1.54) is 0 Å². The predicted octanol–water partition coefficient (Wildman–Crippen LogP) is 1.31. The molecule has 1 aromatic heterocycles. The van der Waals surface area contributed by atoms with Crippen LogP contribution in [0, 0.1) is 0 Å². The van der Waals surface area contributed by atoms with Gasteiger partial charge in [0.15, 0.2) is 0 Å². The van der Waals surface area contributed by atoms with E-state index in [0.29, 0.717) is 0 Å². The van der Waals surface area contributed by atoms with E-state index in [9.17, 15) is 0 Å². The molecule has 1 aromatic rings. The van der Waals surface area contributed by atoms with Crippen LogP contribution in [0.4, 0.5) is 0 Å². The lowest BCUT2D eigenvalue weighted by Gasteiger charge is -2.19. The van der Waals surface area contributed by atoms with Gasteiger partial charge in [0, 0.05) is 25.3 Å². The molecule has 0 bridgehead atoms. The molecule has 3 nitrogen and oxygen atoms in total. The molecule has 3 heteroatoms. The van der Waals surface area contributed by atoms with Crippen molar-refractivity contribution in [3.8, 4) is 0 Å². The van der Waals surface area contributed by atoms with Crippen LogP contribution >= 0.6 is 0 Å². The molecule has 0 saturated heterocycles. The molecule has 0 saturated carbocycles. The van der Waals surface area contributed by atoms with Gasteiger partial charge in [-0.1, -0.05) is 0 Å². The van der Waals surface area contributed by atoms with E-state index in [1.807, 2.05) is 24.0 Å². The SMILES string of the molecule is Cn1ccc(CNC(C)(C)C)n1. The van der Waals surface area contributed by atoms with Crippen LogP contribution in [0.3, 0.4) is 0 Å². The summed E-state index contributed by atoms with van der Waals surface area (Å²) in [6.45, 7) is 7.28. The van der Waals surface area contributed by atoms with Gasteiger partial charge in [-0.25, -0.2) is 0 Å². The number of rotatable bonds is 2. The Balaban J connectivity index is 2.44. The molecule has 68 valence electrons. The van der Waals surface area contributed by atoms with Gasteiger partial charge in [-0.2, -0.15) is 5.10 Å².